The van der Waals surface area contributed by atoms with Crippen LogP contribution in [-0.2, 0) is 6.54 Å². The van der Waals surface area contributed by atoms with Gasteiger partial charge in [-0.05, 0) is 47.0 Å². The van der Waals surface area contributed by atoms with E-state index in [-0.39, 0.29) is 11.6 Å². The summed E-state index contributed by atoms with van der Waals surface area (Å²) in [6.07, 6.45) is 6.48. The van der Waals surface area contributed by atoms with Gasteiger partial charge in [0.25, 0.3) is 5.56 Å². The number of piperidine rings is 1. The van der Waals surface area contributed by atoms with E-state index in [9.17, 15) is 4.79 Å². The van der Waals surface area contributed by atoms with Crippen molar-refractivity contribution >= 4 is 21.6 Å². The standard InChI is InChI=1S/C15H23BrN4O/c1-10-5-12(17)9-19(7-10)14-13(16)6-18-20(15(14)21)8-11-3-2-4-11/h6,10-12H,2-5,7-9,17H2,1H3. The maximum absolute atomic E-state index is 12.8. The molecule has 2 atom stereocenters. The van der Waals surface area contributed by atoms with Crippen molar-refractivity contribution in [3.05, 3.63) is 21.0 Å². The van der Waals surface area contributed by atoms with E-state index >= 15 is 0 Å². The fourth-order valence-corrected chi connectivity index (χ4v) is 3.89. The molecule has 3 rings (SSSR count). The second kappa shape index (κ2) is 6.08. The maximum Gasteiger partial charge on any atom is 0.291 e. The first-order valence-corrected chi connectivity index (χ1v) is 8.60. The lowest BCUT2D eigenvalue weighted by molar-refractivity contribution is 0.261. The molecule has 5 nitrogen and oxygen atoms in total. The molecule has 1 aliphatic heterocycles. The number of nitrogens with two attached hydrogens (primary N) is 1. The molecule has 2 N–H and O–H groups in total. The molecule has 2 fully saturated rings. The van der Waals surface area contributed by atoms with E-state index in [0.29, 0.717) is 11.8 Å². The van der Waals surface area contributed by atoms with Crippen LogP contribution >= 0.6 is 15.9 Å². The first-order valence-electron chi connectivity index (χ1n) is 7.80. The summed E-state index contributed by atoms with van der Waals surface area (Å²) in [6, 6.07) is 0.133. The van der Waals surface area contributed by atoms with E-state index in [1.165, 1.54) is 19.3 Å². The SMILES string of the molecule is CC1CC(N)CN(c2c(Br)cnn(CC3CCC3)c2=O)C1. The Hall–Kier alpha value is -0.880. The summed E-state index contributed by atoms with van der Waals surface area (Å²) in [5.74, 6) is 1.13. The third kappa shape index (κ3) is 3.16. The lowest BCUT2D eigenvalue weighted by atomic mass is 9.85. The highest BCUT2D eigenvalue weighted by Gasteiger charge is 2.27. The Morgan fingerprint density at radius 3 is 2.81 bits per heavy atom. The molecule has 1 saturated carbocycles. The van der Waals surface area contributed by atoms with E-state index in [1.807, 2.05) is 0 Å². The smallest absolute Gasteiger partial charge is 0.291 e. The number of aromatic nitrogens is 2. The number of hydrogen-bond acceptors (Lipinski definition) is 4. The number of nitrogens with zero attached hydrogens (tertiary/aromatic N) is 3. The number of anilines is 1. The van der Waals surface area contributed by atoms with Crippen LogP contribution < -0.4 is 16.2 Å². The van der Waals surface area contributed by atoms with Gasteiger partial charge in [0.05, 0.1) is 10.7 Å². The van der Waals surface area contributed by atoms with Crippen LogP contribution in [0, 0.1) is 11.8 Å². The predicted molar refractivity (Wildman–Crippen MR) is 87.5 cm³/mol. The molecule has 1 saturated heterocycles. The quantitative estimate of drug-likeness (QED) is 0.901. The van der Waals surface area contributed by atoms with Crippen molar-refractivity contribution in [2.75, 3.05) is 18.0 Å². The normalized spacial score (nSPS) is 26.7. The summed E-state index contributed by atoms with van der Waals surface area (Å²) in [5.41, 5.74) is 6.86. The minimum atomic E-state index is 0.0116. The van der Waals surface area contributed by atoms with Gasteiger partial charge in [-0.1, -0.05) is 13.3 Å². The van der Waals surface area contributed by atoms with Crippen molar-refractivity contribution in [3.8, 4) is 0 Å². The molecule has 1 aliphatic carbocycles. The van der Waals surface area contributed by atoms with E-state index < -0.39 is 0 Å². The van der Waals surface area contributed by atoms with Crippen LogP contribution in [0.15, 0.2) is 15.5 Å². The molecule has 0 radical (unpaired) electrons. The van der Waals surface area contributed by atoms with Crippen LogP contribution in [0.25, 0.3) is 0 Å². The molecule has 21 heavy (non-hydrogen) atoms. The number of hydrogen-bond donors (Lipinski definition) is 1. The van der Waals surface area contributed by atoms with E-state index in [1.54, 1.807) is 10.9 Å². The van der Waals surface area contributed by atoms with Gasteiger partial charge < -0.3 is 10.6 Å². The second-order valence-corrected chi connectivity index (χ2v) is 7.49. The molecular weight excluding hydrogens is 332 g/mol. The van der Waals surface area contributed by atoms with Crippen molar-refractivity contribution in [2.45, 2.75) is 45.2 Å². The van der Waals surface area contributed by atoms with Crippen LogP contribution in [0.2, 0.25) is 0 Å². The Balaban J connectivity index is 1.89. The third-order valence-corrected chi connectivity index (χ3v) is 5.22. The fraction of sp³-hybridized carbons (Fsp3) is 0.733. The van der Waals surface area contributed by atoms with Gasteiger partial charge in [0.1, 0.15) is 5.69 Å². The maximum atomic E-state index is 12.8. The van der Waals surface area contributed by atoms with Crippen LogP contribution in [-0.4, -0.2) is 28.9 Å². The minimum absolute atomic E-state index is 0.0116. The minimum Gasteiger partial charge on any atom is -0.364 e. The third-order valence-electron chi connectivity index (χ3n) is 4.64. The largest absolute Gasteiger partial charge is 0.364 e. The molecular formula is C15H23BrN4O. The molecule has 6 heteroatoms. The van der Waals surface area contributed by atoms with Gasteiger partial charge in [0.2, 0.25) is 0 Å². The van der Waals surface area contributed by atoms with Crippen molar-refractivity contribution < 1.29 is 0 Å². The van der Waals surface area contributed by atoms with Crippen LogP contribution in [0.4, 0.5) is 5.69 Å². The molecule has 116 valence electrons. The van der Waals surface area contributed by atoms with Gasteiger partial charge in [0, 0.05) is 25.7 Å². The van der Waals surface area contributed by atoms with Crippen LogP contribution in [0.5, 0.6) is 0 Å². The van der Waals surface area contributed by atoms with Gasteiger partial charge in [-0.2, -0.15) is 5.10 Å². The summed E-state index contributed by atoms with van der Waals surface area (Å²) in [5, 5.41) is 4.29. The molecule has 0 amide bonds. The zero-order valence-corrected chi connectivity index (χ0v) is 14.1. The fourth-order valence-electron chi connectivity index (χ4n) is 3.38. The molecule has 0 bridgehead atoms. The topological polar surface area (TPSA) is 64.2 Å². The van der Waals surface area contributed by atoms with E-state index in [4.69, 9.17) is 5.73 Å². The first kappa shape index (κ1) is 15.0. The van der Waals surface area contributed by atoms with Crippen molar-refractivity contribution in [1.29, 1.82) is 0 Å². The van der Waals surface area contributed by atoms with Gasteiger partial charge in [-0.15, -0.1) is 0 Å². The van der Waals surface area contributed by atoms with Crippen LogP contribution in [0.1, 0.15) is 32.6 Å². The monoisotopic (exact) mass is 354 g/mol. The summed E-state index contributed by atoms with van der Waals surface area (Å²) < 4.78 is 2.41. The zero-order chi connectivity index (χ0) is 15.0. The highest BCUT2D eigenvalue weighted by Crippen LogP contribution is 2.29. The highest BCUT2D eigenvalue weighted by molar-refractivity contribution is 9.10. The summed E-state index contributed by atoms with van der Waals surface area (Å²) in [7, 11) is 0. The average molecular weight is 355 g/mol. The lowest BCUT2D eigenvalue weighted by Crippen LogP contribution is -2.49. The Labute approximate surface area is 133 Å². The molecule has 0 spiro atoms. The molecule has 1 aromatic heterocycles. The Morgan fingerprint density at radius 1 is 1.43 bits per heavy atom. The molecule has 2 aliphatic rings. The summed E-state index contributed by atoms with van der Waals surface area (Å²) in [4.78, 5) is 14.9. The Kier molecular flexibility index (Phi) is 4.36. The first-order chi connectivity index (χ1) is 10.0. The highest BCUT2D eigenvalue weighted by atomic mass is 79.9. The Bertz CT molecular complexity index is 559. The van der Waals surface area contributed by atoms with Crippen molar-refractivity contribution in [3.63, 3.8) is 0 Å². The zero-order valence-electron chi connectivity index (χ0n) is 12.5. The van der Waals surface area contributed by atoms with E-state index in [0.717, 1.165) is 36.2 Å². The predicted octanol–water partition coefficient (Wildman–Crippen LogP) is 1.98. The number of rotatable bonds is 3. The van der Waals surface area contributed by atoms with Gasteiger partial charge in [0.15, 0.2) is 0 Å². The number of halogens is 1. The summed E-state index contributed by atoms with van der Waals surface area (Å²) in [6.45, 7) is 4.56. The molecule has 2 heterocycles. The van der Waals surface area contributed by atoms with Gasteiger partial charge in [-0.25, -0.2) is 4.68 Å². The lowest BCUT2D eigenvalue weighted by Gasteiger charge is -2.36. The molecule has 1 aromatic rings. The van der Waals surface area contributed by atoms with Crippen LogP contribution in [0.3, 0.4) is 0 Å². The summed E-state index contributed by atoms with van der Waals surface area (Å²) >= 11 is 3.50. The Morgan fingerprint density at radius 2 is 2.19 bits per heavy atom. The molecule has 2 unspecified atom stereocenters. The van der Waals surface area contributed by atoms with Gasteiger partial charge in [-0.3, -0.25) is 4.79 Å². The van der Waals surface area contributed by atoms with Crippen molar-refractivity contribution in [1.82, 2.24) is 9.78 Å². The van der Waals surface area contributed by atoms with Crippen molar-refractivity contribution in [2.24, 2.45) is 17.6 Å². The average Bonchev–Trinajstić information content (AvgIpc) is 2.34. The molecule has 0 aromatic carbocycles. The van der Waals surface area contributed by atoms with Gasteiger partial charge >= 0.3 is 0 Å². The second-order valence-electron chi connectivity index (χ2n) is 6.63. The van der Waals surface area contributed by atoms with E-state index in [2.05, 4.69) is 32.9 Å².